The predicted molar refractivity (Wildman–Crippen MR) is 135 cm³/mol. The number of amides is 3. The van der Waals surface area contributed by atoms with Gasteiger partial charge >= 0.3 is 12.1 Å². The third kappa shape index (κ3) is 7.17. The molecule has 3 N–H and O–H groups in total. The van der Waals surface area contributed by atoms with Crippen molar-refractivity contribution in [1.29, 1.82) is 0 Å². The number of ether oxygens (including phenoxy) is 1. The summed E-state index contributed by atoms with van der Waals surface area (Å²) < 4.78 is 5.22. The average molecular weight is 475 g/mol. The summed E-state index contributed by atoms with van der Waals surface area (Å²) in [5, 5.41) is 8.57. The summed E-state index contributed by atoms with van der Waals surface area (Å²) in [6.07, 6.45) is 3.63. The number of aromatic nitrogens is 2. The molecule has 35 heavy (non-hydrogen) atoms. The summed E-state index contributed by atoms with van der Waals surface area (Å²) in [6.45, 7) is 3.92. The molecule has 1 fully saturated rings. The third-order valence-corrected chi connectivity index (χ3v) is 5.83. The number of hydrogen-bond acceptors (Lipinski definition) is 6. The molecule has 0 bridgehead atoms. The van der Waals surface area contributed by atoms with Crippen LogP contribution in [0.1, 0.15) is 31.0 Å². The molecule has 1 aliphatic rings. The van der Waals surface area contributed by atoms with Crippen molar-refractivity contribution >= 4 is 29.3 Å². The van der Waals surface area contributed by atoms with Crippen LogP contribution in [0, 0.1) is 0 Å². The van der Waals surface area contributed by atoms with Crippen molar-refractivity contribution in [3.05, 3.63) is 78.2 Å². The molecule has 3 aromatic rings. The van der Waals surface area contributed by atoms with Crippen LogP contribution in [0.15, 0.2) is 67.0 Å². The molecule has 182 valence electrons. The zero-order chi connectivity index (χ0) is 24.5. The predicted octanol–water partition coefficient (Wildman–Crippen LogP) is 4.58. The molecule has 3 amide bonds. The number of nitrogens with zero attached hydrogens (tertiary/aromatic N) is 3. The van der Waals surface area contributed by atoms with Crippen LogP contribution in [0.4, 0.5) is 26.8 Å². The van der Waals surface area contributed by atoms with E-state index < -0.39 is 6.09 Å². The number of benzene rings is 2. The van der Waals surface area contributed by atoms with Gasteiger partial charge < -0.3 is 20.3 Å². The zero-order valence-electron chi connectivity index (χ0n) is 19.7. The highest BCUT2D eigenvalue weighted by molar-refractivity contribution is 5.90. The lowest BCUT2D eigenvalue weighted by atomic mass is 10.1. The molecule has 9 nitrogen and oxygen atoms in total. The van der Waals surface area contributed by atoms with Crippen LogP contribution in [-0.4, -0.2) is 41.2 Å². The molecule has 2 heterocycles. The van der Waals surface area contributed by atoms with E-state index in [1.807, 2.05) is 36.4 Å². The van der Waals surface area contributed by atoms with E-state index in [0.29, 0.717) is 11.4 Å². The molecule has 1 aliphatic heterocycles. The fraction of sp³-hybridized carbons (Fsp3) is 0.308. The van der Waals surface area contributed by atoms with Gasteiger partial charge in [-0.15, -0.1) is 0 Å². The van der Waals surface area contributed by atoms with E-state index in [9.17, 15) is 9.59 Å². The molecule has 2 aromatic carbocycles. The van der Waals surface area contributed by atoms with Gasteiger partial charge in [0.2, 0.25) is 0 Å². The van der Waals surface area contributed by atoms with Crippen molar-refractivity contribution in [2.45, 2.75) is 38.8 Å². The second-order valence-corrected chi connectivity index (χ2v) is 8.34. The minimum Gasteiger partial charge on any atom is -0.444 e. The molecule has 4 rings (SSSR count). The molecule has 0 unspecified atom stereocenters. The van der Waals surface area contributed by atoms with Crippen molar-refractivity contribution < 1.29 is 14.3 Å². The second kappa shape index (κ2) is 11.8. The fourth-order valence-corrected chi connectivity index (χ4v) is 3.87. The van der Waals surface area contributed by atoms with Gasteiger partial charge in [0.1, 0.15) is 18.8 Å². The van der Waals surface area contributed by atoms with Gasteiger partial charge in [0.25, 0.3) is 0 Å². The van der Waals surface area contributed by atoms with Gasteiger partial charge in [0.05, 0.1) is 0 Å². The van der Waals surface area contributed by atoms with E-state index in [1.54, 1.807) is 30.6 Å². The Morgan fingerprint density at radius 2 is 1.66 bits per heavy atom. The maximum absolute atomic E-state index is 12.5. The highest BCUT2D eigenvalue weighted by Gasteiger charge is 2.22. The van der Waals surface area contributed by atoms with E-state index in [4.69, 9.17) is 4.74 Å². The molecule has 0 saturated carbocycles. The van der Waals surface area contributed by atoms with Crippen molar-refractivity contribution in [1.82, 2.24) is 15.3 Å². The molecular weight excluding hydrogens is 444 g/mol. The number of piperidine rings is 1. The van der Waals surface area contributed by atoms with Gasteiger partial charge in [0, 0.05) is 42.3 Å². The van der Waals surface area contributed by atoms with Crippen LogP contribution < -0.4 is 20.9 Å². The summed E-state index contributed by atoms with van der Waals surface area (Å²) in [7, 11) is 0. The van der Waals surface area contributed by atoms with E-state index in [2.05, 4.69) is 37.7 Å². The lowest BCUT2D eigenvalue weighted by Crippen LogP contribution is -2.46. The van der Waals surface area contributed by atoms with Crippen molar-refractivity contribution in [2.24, 2.45) is 0 Å². The highest BCUT2D eigenvalue weighted by Crippen LogP contribution is 2.19. The van der Waals surface area contributed by atoms with Gasteiger partial charge in [-0.25, -0.2) is 19.6 Å². The number of carbonyl (C=O) groups is 2. The number of carbonyl (C=O) groups excluding carboxylic acids is 2. The average Bonchev–Trinajstić information content (AvgIpc) is 2.89. The molecule has 0 atom stereocenters. The van der Waals surface area contributed by atoms with E-state index in [-0.39, 0.29) is 18.7 Å². The molecule has 0 radical (unpaired) electrons. The van der Waals surface area contributed by atoms with Gasteiger partial charge in [-0.2, -0.15) is 0 Å². The van der Waals surface area contributed by atoms with Gasteiger partial charge in [-0.3, -0.25) is 5.32 Å². The van der Waals surface area contributed by atoms with Gasteiger partial charge in [0.15, 0.2) is 0 Å². The summed E-state index contributed by atoms with van der Waals surface area (Å²) >= 11 is 0. The normalized spacial score (nSPS) is 13.7. The zero-order valence-corrected chi connectivity index (χ0v) is 19.7. The standard InChI is InChI=1S/C26H30N6O3/c1-2-20-16-24(28-18-27-20)32-14-12-23(13-15-32)30-25(33)29-21-8-10-22(11-9-21)31-26(34)35-17-19-6-4-3-5-7-19/h3-11,16,18,23H,2,12-15,17H2,1H3,(H,31,34)(H2,29,30,33). The van der Waals surface area contributed by atoms with E-state index in [1.165, 1.54) is 0 Å². The van der Waals surface area contributed by atoms with Crippen molar-refractivity contribution in [2.75, 3.05) is 28.6 Å². The highest BCUT2D eigenvalue weighted by atomic mass is 16.5. The molecule has 1 saturated heterocycles. The van der Waals surface area contributed by atoms with Crippen molar-refractivity contribution in [3.8, 4) is 0 Å². The largest absolute Gasteiger partial charge is 0.444 e. The first-order valence-corrected chi connectivity index (χ1v) is 11.8. The van der Waals surface area contributed by atoms with Crippen LogP contribution in [-0.2, 0) is 17.8 Å². The Kier molecular flexibility index (Phi) is 8.11. The quantitative estimate of drug-likeness (QED) is 0.463. The monoisotopic (exact) mass is 474 g/mol. The summed E-state index contributed by atoms with van der Waals surface area (Å²) in [4.78, 5) is 35.3. The second-order valence-electron chi connectivity index (χ2n) is 8.34. The Morgan fingerprint density at radius 1 is 0.971 bits per heavy atom. The molecular formula is C26H30N6O3. The number of nitrogens with one attached hydrogen (secondary N) is 3. The lowest BCUT2D eigenvalue weighted by Gasteiger charge is -2.33. The van der Waals surface area contributed by atoms with Gasteiger partial charge in [-0.05, 0) is 49.1 Å². The summed E-state index contributed by atoms with van der Waals surface area (Å²) in [5.41, 5.74) is 3.16. The van der Waals surface area contributed by atoms with E-state index in [0.717, 1.165) is 49.4 Å². The van der Waals surface area contributed by atoms with Crippen molar-refractivity contribution in [3.63, 3.8) is 0 Å². The minimum atomic E-state index is -0.536. The first-order valence-electron chi connectivity index (χ1n) is 11.8. The number of rotatable bonds is 7. The lowest BCUT2D eigenvalue weighted by molar-refractivity contribution is 0.155. The minimum absolute atomic E-state index is 0.0963. The molecule has 1 aromatic heterocycles. The Hall–Kier alpha value is -4.14. The number of urea groups is 1. The maximum Gasteiger partial charge on any atom is 0.411 e. The number of hydrogen-bond donors (Lipinski definition) is 3. The smallest absolute Gasteiger partial charge is 0.411 e. The van der Waals surface area contributed by atoms with Gasteiger partial charge in [-0.1, -0.05) is 37.3 Å². The first kappa shape index (κ1) is 24.0. The SMILES string of the molecule is CCc1cc(N2CCC(NC(=O)Nc3ccc(NC(=O)OCc4ccccc4)cc3)CC2)ncn1. The maximum atomic E-state index is 12.5. The number of anilines is 3. The topological polar surface area (TPSA) is 108 Å². The molecule has 0 aliphatic carbocycles. The Morgan fingerprint density at radius 3 is 2.34 bits per heavy atom. The summed E-state index contributed by atoms with van der Waals surface area (Å²) in [5.74, 6) is 0.942. The van der Waals surface area contributed by atoms with Crippen LogP contribution >= 0.6 is 0 Å². The Bertz CT molecular complexity index is 1120. The Labute approximate surface area is 204 Å². The molecule has 9 heteroatoms. The van der Waals surface area contributed by atoms with Crippen LogP contribution in [0.25, 0.3) is 0 Å². The first-order chi connectivity index (χ1) is 17.1. The fourth-order valence-electron chi connectivity index (χ4n) is 3.87. The van der Waals surface area contributed by atoms with Crippen LogP contribution in [0.5, 0.6) is 0 Å². The van der Waals surface area contributed by atoms with E-state index >= 15 is 0 Å². The van der Waals surface area contributed by atoms with Crippen LogP contribution in [0.2, 0.25) is 0 Å². The Balaban J connectivity index is 1.18. The molecule has 0 spiro atoms. The third-order valence-electron chi connectivity index (χ3n) is 5.83. The number of aryl methyl sites for hydroxylation is 1. The van der Waals surface area contributed by atoms with Crippen LogP contribution in [0.3, 0.4) is 0 Å². The summed E-state index contributed by atoms with van der Waals surface area (Å²) in [6, 6.07) is 18.2.